The van der Waals surface area contributed by atoms with Crippen molar-refractivity contribution in [1.82, 2.24) is 10.6 Å². The number of rotatable bonds is 4. The molecule has 1 aromatic rings. The first-order chi connectivity index (χ1) is 9.04. The van der Waals surface area contributed by atoms with Crippen LogP contribution in [0.3, 0.4) is 0 Å². The lowest BCUT2D eigenvalue weighted by molar-refractivity contribution is 0.0928. The van der Waals surface area contributed by atoms with E-state index in [4.69, 9.17) is 4.74 Å². The van der Waals surface area contributed by atoms with Crippen molar-refractivity contribution in [3.63, 3.8) is 0 Å². The number of hydrogen-bond donors (Lipinski definition) is 3. The predicted molar refractivity (Wildman–Crippen MR) is 85.3 cm³/mol. The average Bonchev–Trinajstić information content (AvgIpc) is 2.92. The Balaban J connectivity index is 0.00000200. The lowest BCUT2D eigenvalue weighted by atomic mass is 10.1. The second-order valence-corrected chi connectivity index (χ2v) is 6.55. The molecule has 1 aromatic heterocycles. The van der Waals surface area contributed by atoms with Crippen LogP contribution in [0.25, 0.3) is 0 Å². The van der Waals surface area contributed by atoms with Crippen molar-refractivity contribution in [2.75, 3.05) is 26.7 Å². The molecule has 1 saturated heterocycles. The van der Waals surface area contributed by atoms with Crippen molar-refractivity contribution in [1.29, 1.82) is 0 Å². The van der Waals surface area contributed by atoms with Crippen LogP contribution in [0.2, 0.25) is 0 Å². The summed E-state index contributed by atoms with van der Waals surface area (Å²) >= 11 is 4.81. The molecule has 3 N–H and O–H groups in total. The Morgan fingerprint density at radius 3 is 2.85 bits per heavy atom. The van der Waals surface area contributed by atoms with E-state index in [9.17, 15) is 9.90 Å². The Bertz CT molecular complexity index is 484. The third-order valence-corrected chi connectivity index (χ3v) is 5.51. The monoisotopic (exact) mass is 384 g/mol. The summed E-state index contributed by atoms with van der Waals surface area (Å²) in [5, 5.41) is 15.6. The van der Waals surface area contributed by atoms with Gasteiger partial charge in [-0.25, -0.2) is 0 Å². The van der Waals surface area contributed by atoms with E-state index in [1.807, 2.05) is 6.92 Å². The summed E-state index contributed by atoms with van der Waals surface area (Å²) in [6.45, 7) is 3.71. The number of aliphatic hydroxyl groups is 1. The molecule has 0 radical (unpaired) electrons. The summed E-state index contributed by atoms with van der Waals surface area (Å²) in [5.74, 6) is 0.485. The number of aryl methyl sites for hydroxylation is 1. The minimum atomic E-state index is -0.390. The van der Waals surface area contributed by atoms with Gasteiger partial charge in [0.1, 0.15) is 4.88 Å². The van der Waals surface area contributed by atoms with Crippen LogP contribution in [0, 0.1) is 12.8 Å². The van der Waals surface area contributed by atoms with Crippen LogP contribution in [0.5, 0.6) is 5.75 Å². The lowest BCUT2D eigenvalue weighted by Gasteiger charge is -2.14. The molecule has 0 saturated carbocycles. The fourth-order valence-corrected chi connectivity index (χ4v) is 3.73. The van der Waals surface area contributed by atoms with Crippen LogP contribution < -0.4 is 15.4 Å². The highest BCUT2D eigenvalue weighted by atomic mass is 79.9. The van der Waals surface area contributed by atoms with Crippen molar-refractivity contribution in [2.24, 2.45) is 5.92 Å². The minimum absolute atomic E-state index is 0. The van der Waals surface area contributed by atoms with Crippen LogP contribution in [0.4, 0.5) is 0 Å². The largest absolute Gasteiger partial charge is 0.494 e. The SMILES string of the molecule is COc1c(C(=O)NCC2CNCC2O)sc(C)c1Br.Cl. The Labute approximate surface area is 136 Å². The number of ether oxygens (including phenoxy) is 1. The van der Waals surface area contributed by atoms with E-state index in [1.165, 1.54) is 11.3 Å². The molecule has 0 aliphatic carbocycles. The Hall–Kier alpha value is -0.340. The molecule has 2 heterocycles. The summed E-state index contributed by atoms with van der Waals surface area (Å²) < 4.78 is 6.08. The van der Waals surface area contributed by atoms with E-state index in [-0.39, 0.29) is 30.3 Å². The Kier molecular flexibility index (Phi) is 6.74. The molecule has 1 aliphatic heterocycles. The highest BCUT2D eigenvalue weighted by Crippen LogP contribution is 2.38. The first-order valence-electron chi connectivity index (χ1n) is 6.04. The van der Waals surface area contributed by atoms with Gasteiger partial charge in [0.15, 0.2) is 5.75 Å². The van der Waals surface area contributed by atoms with Gasteiger partial charge in [-0.05, 0) is 22.9 Å². The zero-order chi connectivity index (χ0) is 14.0. The van der Waals surface area contributed by atoms with Gasteiger partial charge in [-0.1, -0.05) is 0 Å². The van der Waals surface area contributed by atoms with Crippen molar-refractivity contribution >= 4 is 45.6 Å². The third kappa shape index (κ3) is 3.65. The molecule has 2 unspecified atom stereocenters. The maximum Gasteiger partial charge on any atom is 0.265 e. The molecular weight excluding hydrogens is 368 g/mol. The quantitative estimate of drug-likeness (QED) is 0.735. The van der Waals surface area contributed by atoms with Crippen molar-refractivity contribution in [2.45, 2.75) is 13.0 Å². The summed E-state index contributed by atoms with van der Waals surface area (Å²) in [6, 6.07) is 0. The molecule has 2 rings (SSSR count). The second kappa shape index (κ2) is 7.61. The molecule has 8 heteroatoms. The zero-order valence-electron chi connectivity index (χ0n) is 11.2. The van der Waals surface area contributed by atoms with E-state index < -0.39 is 0 Å². The number of halogens is 2. The molecular formula is C12H18BrClN2O3S. The van der Waals surface area contributed by atoms with Gasteiger partial charge < -0.3 is 20.5 Å². The number of methoxy groups -OCH3 is 1. The highest BCUT2D eigenvalue weighted by Gasteiger charge is 2.26. The van der Waals surface area contributed by atoms with E-state index in [0.29, 0.717) is 23.7 Å². The summed E-state index contributed by atoms with van der Waals surface area (Å²) in [5.41, 5.74) is 0. The molecule has 1 amide bonds. The number of hydrogen-bond acceptors (Lipinski definition) is 5. The maximum atomic E-state index is 12.1. The normalized spacial score (nSPS) is 21.4. The minimum Gasteiger partial charge on any atom is -0.494 e. The zero-order valence-corrected chi connectivity index (χ0v) is 14.5. The fourth-order valence-electron chi connectivity index (χ4n) is 2.07. The molecule has 114 valence electrons. The van der Waals surface area contributed by atoms with E-state index in [1.54, 1.807) is 7.11 Å². The van der Waals surface area contributed by atoms with Crippen LogP contribution in [0.15, 0.2) is 4.47 Å². The van der Waals surface area contributed by atoms with Gasteiger partial charge in [-0.2, -0.15) is 0 Å². The van der Waals surface area contributed by atoms with Crippen LogP contribution in [0.1, 0.15) is 14.5 Å². The second-order valence-electron chi connectivity index (χ2n) is 4.53. The molecule has 0 bridgehead atoms. The first-order valence-corrected chi connectivity index (χ1v) is 7.65. The molecule has 1 fully saturated rings. The van der Waals surface area contributed by atoms with Crippen LogP contribution in [-0.2, 0) is 0 Å². The fraction of sp³-hybridized carbons (Fsp3) is 0.583. The molecule has 0 aromatic carbocycles. The predicted octanol–water partition coefficient (Wildman–Crippen LogP) is 1.56. The smallest absolute Gasteiger partial charge is 0.265 e. The maximum absolute atomic E-state index is 12.1. The van der Waals surface area contributed by atoms with Gasteiger partial charge in [-0.3, -0.25) is 4.79 Å². The number of carbonyl (C=O) groups excluding carboxylic acids is 1. The summed E-state index contributed by atoms with van der Waals surface area (Å²) in [4.78, 5) is 13.7. The van der Waals surface area contributed by atoms with Gasteiger partial charge in [0.25, 0.3) is 5.91 Å². The molecule has 20 heavy (non-hydrogen) atoms. The van der Waals surface area contributed by atoms with Crippen LogP contribution >= 0.6 is 39.7 Å². The van der Waals surface area contributed by atoms with Gasteiger partial charge in [-0.15, -0.1) is 23.7 Å². The molecule has 1 aliphatic rings. The highest BCUT2D eigenvalue weighted by molar-refractivity contribution is 9.10. The Morgan fingerprint density at radius 1 is 1.60 bits per heavy atom. The van der Waals surface area contributed by atoms with Crippen LogP contribution in [-0.4, -0.2) is 43.9 Å². The van der Waals surface area contributed by atoms with Gasteiger partial charge in [0.2, 0.25) is 0 Å². The number of β-amino-alcohol motifs (C(OH)–C–C–N with tert-alkyl or cyclic N) is 1. The lowest BCUT2D eigenvalue weighted by Crippen LogP contribution is -2.34. The topological polar surface area (TPSA) is 70.6 Å². The summed E-state index contributed by atoms with van der Waals surface area (Å²) in [6.07, 6.45) is -0.390. The Morgan fingerprint density at radius 2 is 2.30 bits per heavy atom. The first kappa shape index (κ1) is 17.7. The van der Waals surface area contributed by atoms with Gasteiger partial charge >= 0.3 is 0 Å². The number of thiophene rings is 1. The van der Waals surface area contributed by atoms with Gasteiger partial charge in [0, 0.05) is 30.4 Å². The number of carbonyl (C=O) groups is 1. The van der Waals surface area contributed by atoms with E-state index in [2.05, 4.69) is 26.6 Å². The van der Waals surface area contributed by atoms with Crippen molar-refractivity contribution in [3.8, 4) is 5.75 Å². The van der Waals surface area contributed by atoms with Gasteiger partial charge in [0.05, 0.1) is 17.7 Å². The number of aliphatic hydroxyl groups excluding tert-OH is 1. The number of nitrogens with one attached hydrogen (secondary N) is 2. The summed E-state index contributed by atoms with van der Waals surface area (Å²) in [7, 11) is 1.55. The standard InChI is InChI=1S/C12H17BrN2O3S.ClH/c1-6-9(13)10(18-2)11(19-6)12(17)15-4-7-3-14-5-8(7)16;/h7-8,14,16H,3-5H2,1-2H3,(H,15,17);1H. The molecule has 2 atom stereocenters. The van der Waals surface area contributed by atoms with E-state index >= 15 is 0 Å². The average molecular weight is 386 g/mol. The molecule has 5 nitrogen and oxygen atoms in total. The number of amides is 1. The van der Waals surface area contributed by atoms with Crippen molar-refractivity contribution < 1.29 is 14.6 Å². The van der Waals surface area contributed by atoms with Crippen molar-refractivity contribution in [3.05, 3.63) is 14.2 Å². The van der Waals surface area contributed by atoms with E-state index in [0.717, 1.165) is 15.9 Å². The molecule has 0 spiro atoms. The third-order valence-electron chi connectivity index (χ3n) is 3.21.